The Morgan fingerprint density at radius 3 is 2.67 bits per heavy atom. The number of rotatable bonds is 6. The number of aromatic nitrogens is 3. The minimum atomic E-state index is -0.602. The minimum absolute atomic E-state index is 0.185. The van der Waals surface area contributed by atoms with E-state index < -0.39 is 18.0 Å². The summed E-state index contributed by atoms with van der Waals surface area (Å²) >= 11 is 0. The molecule has 0 spiro atoms. The number of hydrogen-bond acceptors (Lipinski definition) is 7. The fraction of sp³-hybridized carbons (Fsp3) is 0.261. The molecule has 0 bridgehead atoms. The Morgan fingerprint density at radius 2 is 2.00 bits per heavy atom. The Morgan fingerprint density at radius 1 is 1.21 bits per heavy atom. The van der Waals surface area contributed by atoms with Gasteiger partial charge in [0.05, 0.1) is 36.8 Å². The summed E-state index contributed by atoms with van der Waals surface area (Å²) in [4.78, 5) is 18.9. The second-order valence-electron chi connectivity index (χ2n) is 7.96. The highest BCUT2D eigenvalue weighted by atomic mass is 19.1. The highest BCUT2D eigenvalue weighted by Crippen LogP contribution is 2.30. The van der Waals surface area contributed by atoms with Crippen LogP contribution in [-0.4, -0.2) is 51.6 Å². The highest BCUT2D eigenvalue weighted by molar-refractivity contribution is 5.90. The van der Waals surface area contributed by atoms with Gasteiger partial charge in [-0.2, -0.15) is 0 Å². The van der Waals surface area contributed by atoms with Gasteiger partial charge >= 0.3 is 6.09 Å². The molecule has 1 unspecified atom stereocenters. The van der Waals surface area contributed by atoms with Gasteiger partial charge in [-0.05, 0) is 42.3 Å². The molecular weight excluding hydrogens is 429 g/mol. The smallest absolute Gasteiger partial charge is 0.414 e. The van der Waals surface area contributed by atoms with Crippen molar-refractivity contribution in [3.8, 4) is 11.1 Å². The average molecular weight is 451 g/mol. The molecule has 9 nitrogen and oxygen atoms in total. The van der Waals surface area contributed by atoms with E-state index in [1.807, 2.05) is 43.5 Å². The number of aliphatic hydroxyl groups excluding tert-OH is 1. The first-order valence-corrected chi connectivity index (χ1v) is 10.5. The van der Waals surface area contributed by atoms with E-state index in [4.69, 9.17) is 9.57 Å². The number of nitrogens with zero attached hydrogens (tertiary/aromatic N) is 4. The van der Waals surface area contributed by atoms with E-state index in [-0.39, 0.29) is 19.3 Å². The molecule has 170 valence electrons. The number of aliphatic hydroxyl groups is 1. The number of halogens is 1. The monoisotopic (exact) mass is 451 g/mol. The van der Waals surface area contributed by atoms with Crippen molar-refractivity contribution < 1.29 is 23.9 Å². The van der Waals surface area contributed by atoms with E-state index in [1.54, 1.807) is 16.8 Å². The second kappa shape index (κ2) is 8.64. The van der Waals surface area contributed by atoms with Crippen LogP contribution in [0.15, 0.2) is 54.7 Å². The molecule has 5 rings (SSSR count). The molecule has 1 fully saturated rings. The van der Waals surface area contributed by atoms with Crippen LogP contribution >= 0.6 is 0 Å². The number of cyclic esters (lactones) is 1. The predicted molar refractivity (Wildman–Crippen MR) is 117 cm³/mol. The summed E-state index contributed by atoms with van der Waals surface area (Å²) in [5.74, 6) is -0.453. The van der Waals surface area contributed by atoms with Crippen LogP contribution < -0.4 is 10.4 Å². The Kier molecular flexibility index (Phi) is 5.53. The van der Waals surface area contributed by atoms with Gasteiger partial charge in [0.15, 0.2) is 0 Å². The van der Waals surface area contributed by atoms with Gasteiger partial charge in [0.25, 0.3) is 0 Å². The van der Waals surface area contributed by atoms with Crippen molar-refractivity contribution in [1.82, 2.24) is 20.5 Å². The SMILES string of the molecule is Cc1cn(CC2C=C(c3ccc(-c4ccc(N5C[C@H](CO)OC5=O)cc4F)cc3)NO2)nn1. The maximum absolute atomic E-state index is 14.9. The molecule has 2 aliphatic rings. The van der Waals surface area contributed by atoms with Gasteiger partial charge in [-0.15, -0.1) is 5.10 Å². The number of carbonyl (C=O) groups is 1. The van der Waals surface area contributed by atoms with Gasteiger partial charge in [-0.3, -0.25) is 15.2 Å². The number of carbonyl (C=O) groups excluding carboxylic acids is 1. The van der Waals surface area contributed by atoms with E-state index >= 15 is 0 Å². The largest absolute Gasteiger partial charge is 0.441 e. The van der Waals surface area contributed by atoms with Gasteiger partial charge in [0.1, 0.15) is 18.0 Å². The summed E-state index contributed by atoms with van der Waals surface area (Å²) in [6.45, 7) is 2.33. The lowest BCUT2D eigenvalue weighted by Crippen LogP contribution is -2.25. The zero-order valence-electron chi connectivity index (χ0n) is 17.8. The first-order chi connectivity index (χ1) is 16.0. The van der Waals surface area contributed by atoms with Crippen LogP contribution in [0.3, 0.4) is 0 Å². The number of nitrogens with one attached hydrogen (secondary N) is 1. The fourth-order valence-corrected chi connectivity index (χ4v) is 3.87. The van der Waals surface area contributed by atoms with Gasteiger partial charge in [-0.25, -0.2) is 13.9 Å². The molecule has 2 aliphatic heterocycles. The molecule has 10 heteroatoms. The van der Waals surface area contributed by atoms with Crippen LogP contribution in [-0.2, 0) is 16.1 Å². The van der Waals surface area contributed by atoms with E-state index in [1.165, 1.54) is 11.0 Å². The predicted octanol–water partition coefficient (Wildman–Crippen LogP) is 2.65. The van der Waals surface area contributed by atoms with Gasteiger partial charge in [0.2, 0.25) is 0 Å². The van der Waals surface area contributed by atoms with Gasteiger partial charge in [-0.1, -0.05) is 29.5 Å². The van der Waals surface area contributed by atoms with Crippen molar-refractivity contribution in [3.63, 3.8) is 0 Å². The van der Waals surface area contributed by atoms with Crippen molar-refractivity contribution in [3.05, 3.63) is 71.8 Å². The molecule has 3 aromatic rings. The van der Waals surface area contributed by atoms with Crippen molar-refractivity contribution in [2.45, 2.75) is 25.7 Å². The number of amides is 1. The third-order valence-electron chi connectivity index (χ3n) is 5.54. The molecule has 3 heterocycles. The van der Waals surface area contributed by atoms with Crippen LogP contribution in [0.2, 0.25) is 0 Å². The topological polar surface area (TPSA) is 102 Å². The Hall–Kier alpha value is -3.76. The maximum Gasteiger partial charge on any atom is 0.414 e. The number of hydroxylamine groups is 1. The number of ether oxygens (including phenoxy) is 1. The van der Waals surface area contributed by atoms with E-state index in [2.05, 4.69) is 15.8 Å². The van der Waals surface area contributed by atoms with Crippen molar-refractivity contribution in [2.24, 2.45) is 0 Å². The Balaban J connectivity index is 1.29. The van der Waals surface area contributed by atoms with Gasteiger partial charge < -0.3 is 9.84 Å². The molecule has 0 saturated carbocycles. The molecular formula is C23H22FN5O4. The van der Waals surface area contributed by atoms with Crippen LogP contribution in [0.1, 0.15) is 11.3 Å². The second-order valence-corrected chi connectivity index (χ2v) is 7.96. The lowest BCUT2D eigenvalue weighted by molar-refractivity contribution is 0.0395. The lowest BCUT2D eigenvalue weighted by atomic mass is 10.0. The Bertz CT molecular complexity index is 1210. The average Bonchev–Trinajstić information content (AvgIpc) is 3.54. The molecule has 0 radical (unpaired) electrons. The van der Waals surface area contributed by atoms with Crippen LogP contribution in [0.25, 0.3) is 16.8 Å². The third-order valence-corrected chi connectivity index (χ3v) is 5.54. The summed E-state index contributed by atoms with van der Waals surface area (Å²) in [5.41, 5.74) is 7.01. The lowest BCUT2D eigenvalue weighted by Gasteiger charge is -2.14. The molecule has 2 aromatic carbocycles. The zero-order valence-corrected chi connectivity index (χ0v) is 17.8. The number of anilines is 1. The molecule has 1 saturated heterocycles. The molecule has 0 aliphatic carbocycles. The van der Waals surface area contributed by atoms with Crippen LogP contribution in [0, 0.1) is 12.7 Å². The minimum Gasteiger partial charge on any atom is -0.441 e. The zero-order chi connectivity index (χ0) is 22.9. The van der Waals surface area contributed by atoms with E-state index in [0.717, 1.165) is 17.0 Å². The molecule has 2 N–H and O–H groups in total. The summed E-state index contributed by atoms with van der Waals surface area (Å²) in [7, 11) is 0. The van der Waals surface area contributed by atoms with Crippen molar-refractivity contribution in [1.29, 1.82) is 0 Å². The molecule has 1 amide bonds. The van der Waals surface area contributed by atoms with Crippen LogP contribution in [0.5, 0.6) is 0 Å². The van der Waals surface area contributed by atoms with E-state index in [9.17, 15) is 14.3 Å². The molecule has 1 aromatic heterocycles. The fourth-order valence-electron chi connectivity index (χ4n) is 3.87. The van der Waals surface area contributed by atoms with Crippen LogP contribution in [0.4, 0.5) is 14.9 Å². The summed E-state index contributed by atoms with van der Waals surface area (Å²) in [6, 6.07) is 12.0. The molecule has 2 atom stereocenters. The van der Waals surface area contributed by atoms with Crippen molar-refractivity contribution >= 4 is 17.5 Å². The first kappa shape index (κ1) is 21.1. The summed E-state index contributed by atoms with van der Waals surface area (Å²) in [6.07, 6.45) is 2.43. The summed E-state index contributed by atoms with van der Waals surface area (Å²) < 4.78 is 21.6. The highest BCUT2D eigenvalue weighted by Gasteiger charge is 2.32. The van der Waals surface area contributed by atoms with E-state index in [0.29, 0.717) is 23.4 Å². The molecule has 33 heavy (non-hydrogen) atoms. The quantitative estimate of drug-likeness (QED) is 0.594. The third kappa shape index (κ3) is 4.30. The standard InChI is InChI=1S/C23H22FN5O4/c1-14-10-28(27-25-14)11-18-9-22(26-33-18)16-4-2-15(3-5-16)20-7-6-17(8-21(20)24)29-12-19(13-30)32-23(29)31/h2-10,18-19,26,30H,11-13H2,1H3/t18?,19-/m1/s1. The summed E-state index contributed by atoms with van der Waals surface area (Å²) in [5, 5.41) is 17.2. The number of benzene rings is 2. The first-order valence-electron chi connectivity index (χ1n) is 10.5. The number of hydrogen-bond donors (Lipinski definition) is 2. The van der Waals surface area contributed by atoms with Gasteiger partial charge in [0, 0.05) is 11.8 Å². The number of aryl methyl sites for hydroxylation is 1. The van der Waals surface area contributed by atoms with Crippen molar-refractivity contribution in [2.75, 3.05) is 18.1 Å². The maximum atomic E-state index is 14.9. The normalized spacial score (nSPS) is 20.0. The Labute approximate surface area is 189 Å².